The third-order valence-electron chi connectivity index (χ3n) is 4.30. The molecule has 1 fully saturated rings. The summed E-state index contributed by atoms with van der Waals surface area (Å²) in [5.74, 6) is 2.88. The number of ether oxygens (including phenoxy) is 2. The van der Waals surface area contributed by atoms with Crippen molar-refractivity contribution in [1.29, 1.82) is 0 Å². The van der Waals surface area contributed by atoms with E-state index in [4.69, 9.17) is 14.0 Å². The van der Waals surface area contributed by atoms with Gasteiger partial charge in [-0.25, -0.2) is 0 Å². The third kappa shape index (κ3) is 3.71. The molecule has 0 aliphatic carbocycles. The molecule has 23 heavy (non-hydrogen) atoms. The Morgan fingerprint density at radius 1 is 1.30 bits per heavy atom. The number of aryl methyl sites for hydroxylation is 1. The number of aromatic nitrogens is 2. The van der Waals surface area contributed by atoms with Crippen LogP contribution < -0.4 is 4.74 Å². The standard InChI is InChI=1S/C17H23N3O3/c1-12-18-17(23-19-12)16-10-20(9-14(16)11-21-2)8-13-5-4-6-15(7-13)22-3/h4-7,14,16H,8-11H2,1-3H3/t14-,16+/m0/s1. The third-order valence-corrected chi connectivity index (χ3v) is 4.30. The first kappa shape index (κ1) is 16.0. The molecule has 1 saturated heterocycles. The quantitative estimate of drug-likeness (QED) is 0.814. The van der Waals surface area contributed by atoms with Gasteiger partial charge in [0.2, 0.25) is 5.89 Å². The molecule has 0 amide bonds. The number of methoxy groups -OCH3 is 2. The summed E-state index contributed by atoms with van der Waals surface area (Å²) in [7, 11) is 3.43. The molecule has 0 N–H and O–H groups in total. The van der Waals surface area contributed by atoms with Crippen molar-refractivity contribution in [2.75, 3.05) is 33.9 Å². The van der Waals surface area contributed by atoms with E-state index in [0.717, 1.165) is 31.3 Å². The van der Waals surface area contributed by atoms with Crippen LogP contribution in [0.5, 0.6) is 5.75 Å². The molecule has 0 spiro atoms. The van der Waals surface area contributed by atoms with Crippen molar-refractivity contribution in [2.45, 2.75) is 19.4 Å². The van der Waals surface area contributed by atoms with E-state index in [-0.39, 0.29) is 5.92 Å². The van der Waals surface area contributed by atoms with Crippen LogP contribution in [0.15, 0.2) is 28.8 Å². The van der Waals surface area contributed by atoms with Gasteiger partial charge in [0, 0.05) is 32.7 Å². The molecule has 0 saturated carbocycles. The van der Waals surface area contributed by atoms with Gasteiger partial charge in [-0.2, -0.15) is 4.98 Å². The second-order valence-corrected chi connectivity index (χ2v) is 6.05. The van der Waals surface area contributed by atoms with Crippen molar-refractivity contribution in [1.82, 2.24) is 15.0 Å². The van der Waals surface area contributed by atoms with E-state index in [9.17, 15) is 0 Å². The molecule has 6 heteroatoms. The molecule has 0 unspecified atom stereocenters. The van der Waals surface area contributed by atoms with Crippen molar-refractivity contribution >= 4 is 0 Å². The van der Waals surface area contributed by atoms with Crippen molar-refractivity contribution in [3.63, 3.8) is 0 Å². The Hall–Kier alpha value is -1.92. The Labute approximate surface area is 136 Å². The van der Waals surface area contributed by atoms with Gasteiger partial charge in [0.1, 0.15) is 5.75 Å². The summed E-state index contributed by atoms with van der Waals surface area (Å²) in [4.78, 5) is 6.82. The fourth-order valence-electron chi connectivity index (χ4n) is 3.25. The van der Waals surface area contributed by atoms with Gasteiger partial charge in [-0.15, -0.1) is 0 Å². The molecular formula is C17H23N3O3. The number of rotatable bonds is 6. The average molecular weight is 317 g/mol. The zero-order valence-electron chi connectivity index (χ0n) is 13.9. The topological polar surface area (TPSA) is 60.6 Å². The van der Waals surface area contributed by atoms with E-state index in [1.165, 1.54) is 5.56 Å². The van der Waals surface area contributed by atoms with Crippen molar-refractivity contribution in [3.8, 4) is 5.75 Å². The summed E-state index contributed by atoms with van der Waals surface area (Å²) in [6, 6.07) is 8.19. The molecular weight excluding hydrogens is 294 g/mol. The highest BCUT2D eigenvalue weighted by atomic mass is 16.5. The Morgan fingerprint density at radius 2 is 2.17 bits per heavy atom. The van der Waals surface area contributed by atoms with Crippen LogP contribution in [0.25, 0.3) is 0 Å². The second-order valence-electron chi connectivity index (χ2n) is 6.05. The molecule has 0 radical (unpaired) electrons. The first-order valence-electron chi connectivity index (χ1n) is 7.84. The lowest BCUT2D eigenvalue weighted by atomic mass is 9.97. The first-order chi connectivity index (χ1) is 11.2. The fourth-order valence-corrected chi connectivity index (χ4v) is 3.25. The smallest absolute Gasteiger partial charge is 0.231 e. The first-order valence-corrected chi connectivity index (χ1v) is 7.84. The van der Waals surface area contributed by atoms with E-state index in [2.05, 4.69) is 27.2 Å². The Kier molecular flexibility index (Phi) is 4.93. The van der Waals surface area contributed by atoms with Gasteiger partial charge in [-0.1, -0.05) is 17.3 Å². The zero-order valence-corrected chi connectivity index (χ0v) is 13.9. The SMILES string of the molecule is COC[C@@H]1CN(Cc2cccc(OC)c2)C[C@H]1c1nc(C)no1. The summed E-state index contributed by atoms with van der Waals surface area (Å²) in [6.45, 7) is 5.27. The maximum atomic E-state index is 5.40. The van der Waals surface area contributed by atoms with Gasteiger partial charge in [0.05, 0.1) is 19.6 Å². The molecule has 0 bridgehead atoms. The normalized spacial score (nSPS) is 21.7. The van der Waals surface area contributed by atoms with Gasteiger partial charge < -0.3 is 14.0 Å². The van der Waals surface area contributed by atoms with Gasteiger partial charge in [-0.3, -0.25) is 4.90 Å². The predicted molar refractivity (Wildman–Crippen MR) is 85.4 cm³/mol. The van der Waals surface area contributed by atoms with E-state index in [0.29, 0.717) is 18.3 Å². The van der Waals surface area contributed by atoms with E-state index >= 15 is 0 Å². The molecule has 3 rings (SSSR count). The van der Waals surface area contributed by atoms with Crippen LogP contribution in [-0.4, -0.2) is 49.0 Å². The Bertz CT molecular complexity index is 644. The number of hydrogen-bond donors (Lipinski definition) is 0. The summed E-state index contributed by atoms with van der Waals surface area (Å²) in [5, 5.41) is 3.93. The van der Waals surface area contributed by atoms with Crippen molar-refractivity contribution in [3.05, 3.63) is 41.5 Å². The summed E-state index contributed by atoms with van der Waals surface area (Å²) < 4.78 is 16.1. The molecule has 1 aromatic carbocycles. The molecule has 1 aliphatic heterocycles. The van der Waals surface area contributed by atoms with Crippen molar-refractivity contribution < 1.29 is 14.0 Å². The molecule has 2 aromatic rings. The lowest BCUT2D eigenvalue weighted by Gasteiger charge is -2.16. The Balaban J connectivity index is 1.71. The zero-order chi connectivity index (χ0) is 16.2. The highest BCUT2D eigenvalue weighted by Gasteiger charge is 2.37. The highest BCUT2D eigenvalue weighted by molar-refractivity contribution is 5.28. The largest absolute Gasteiger partial charge is 0.497 e. The summed E-state index contributed by atoms with van der Waals surface area (Å²) in [6.07, 6.45) is 0. The van der Waals surface area contributed by atoms with Gasteiger partial charge >= 0.3 is 0 Å². The second kappa shape index (κ2) is 7.10. The summed E-state index contributed by atoms with van der Waals surface area (Å²) >= 11 is 0. The van der Waals surface area contributed by atoms with E-state index in [1.807, 2.05) is 19.1 Å². The molecule has 1 aliphatic rings. The molecule has 2 atom stereocenters. The van der Waals surface area contributed by atoms with Crippen molar-refractivity contribution in [2.24, 2.45) is 5.92 Å². The van der Waals surface area contributed by atoms with Crippen LogP contribution in [-0.2, 0) is 11.3 Å². The van der Waals surface area contributed by atoms with Crippen LogP contribution >= 0.6 is 0 Å². The highest BCUT2D eigenvalue weighted by Crippen LogP contribution is 2.33. The minimum atomic E-state index is 0.224. The maximum absolute atomic E-state index is 5.40. The van der Waals surface area contributed by atoms with Crippen LogP contribution in [0.4, 0.5) is 0 Å². The molecule has 6 nitrogen and oxygen atoms in total. The number of benzene rings is 1. The number of nitrogens with zero attached hydrogens (tertiary/aromatic N) is 3. The fraction of sp³-hybridized carbons (Fsp3) is 0.529. The van der Waals surface area contributed by atoms with Gasteiger partial charge in [0.15, 0.2) is 5.82 Å². The van der Waals surface area contributed by atoms with Gasteiger partial charge in [0.25, 0.3) is 0 Å². The maximum Gasteiger partial charge on any atom is 0.231 e. The van der Waals surface area contributed by atoms with Crippen LogP contribution in [0.2, 0.25) is 0 Å². The van der Waals surface area contributed by atoms with Crippen LogP contribution in [0, 0.1) is 12.8 Å². The summed E-state index contributed by atoms with van der Waals surface area (Å²) in [5.41, 5.74) is 1.24. The number of likely N-dealkylation sites (tertiary alicyclic amines) is 1. The Morgan fingerprint density at radius 3 is 2.87 bits per heavy atom. The lowest BCUT2D eigenvalue weighted by molar-refractivity contribution is 0.142. The van der Waals surface area contributed by atoms with Crippen LogP contribution in [0.3, 0.4) is 0 Å². The van der Waals surface area contributed by atoms with Gasteiger partial charge in [-0.05, 0) is 24.6 Å². The molecule has 1 aromatic heterocycles. The van der Waals surface area contributed by atoms with Crippen LogP contribution in [0.1, 0.15) is 23.2 Å². The molecule has 124 valence electrons. The lowest BCUT2D eigenvalue weighted by Crippen LogP contribution is -2.21. The minimum absolute atomic E-state index is 0.224. The number of hydrogen-bond acceptors (Lipinski definition) is 6. The van der Waals surface area contributed by atoms with E-state index in [1.54, 1.807) is 14.2 Å². The minimum Gasteiger partial charge on any atom is -0.497 e. The van der Waals surface area contributed by atoms with E-state index < -0.39 is 0 Å². The average Bonchev–Trinajstić information content (AvgIpc) is 3.14. The monoisotopic (exact) mass is 317 g/mol. The predicted octanol–water partition coefficient (Wildman–Crippen LogP) is 2.25. The molecule has 2 heterocycles.